The predicted octanol–water partition coefficient (Wildman–Crippen LogP) is 4.85. The first-order valence-corrected chi connectivity index (χ1v) is 11.6. The summed E-state index contributed by atoms with van der Waals surface area (Å²) in [6, 6.07) is 12.6. The average Bonchev–Trinajstić information content (AvgIpc) is 3.29. The minimum absolute atomic E-state index is 0.582. The number of fused-ring (bicyclic) bond motifs is 1. The van der Waals surface area contributed by atoms with E-state index in [-0.39, 0.29) is 0 Å². The van der Waals surface area contributed by atoms with Crippen molar-refractivity contribution >= 4 is 38.5 Å². The maximum Gasteiger partial charge on any atom is 0.227 e. The fraction of sp³-hybridized carbons (Fsp3) is 0.292. The molecule has 0 amide bonds. The van der Waals surface area contributed by atoms with Crippen LogP contribution in [0.25, 0.3) is 22.0 Å². The molecule has 0 atom stereocenters. The molecule has 1 saturated heterocycles. The molecule has 1 aliphatic heterocycles. The van der Waals surface area contributed by atoms with Crippen LogP contribution in [0.15, 0.2) is 59.5 Å². The molecule has 1 fully saturated rings. The maximum atomic E-state index is 5.51. The minimum atomic E-state index is 0.582. The molecule has 0 unspecified atom stereocenters. The number of hydrogen-bond acceptors (Lipinski definition) is 6. The molecule has 0 aliphatic carbocycles. The van der Waals surface area contributed by atoms with Gasteiger partial charge in [0.1, 0.15) is 0 Å². The molecule has 1 N–H and O–H groups in total. The van der Waals surface area contributed by atoms with Crippen molar-refractivity contribution in [2.45, 2.75) is 20.0 Å². The third-order valence-electron chi connectivity index (χ3n) is 5.59. The number of rotatable bonds is 6. The van der Waals surface area contributed by atoms with Crippen LogP contribution in [0.2, 0.25) is 0 Å². The van der Waals surface area contributed by atoms with Gasteiger partial charge in [-0.2, -0.15) is 5.10 Å². The van der Waals surface area contributed by atoms with Crippen LogP contribution < -0.4 is 5.32 Å². The normalized spacial score (nSPS) is 14.7. The lowest BCUT2D eigenvalue weighted by Gasteiger charge is -2.27. The molecule has 8 heteroatoms. The van der Waals surface area contributed by atoms with E-state index in [0.717, 1.165) is 71.6 Å². The number of anilines is 2. The van der Waals surface area contributed by atoms with Gasteiger partial charge < -0.3 is 10.1 Å². The van der Waals surface area contributed by atoms with E-state index in [1.54, 1.807) is 0 Å². The lowest BCUT2D eigenvalue weighted by molar-refractivity contribution is 0.0342. The monoisotopic (exact) mass is 492 g/mol. The first kappa shape index (κ1) is 21.1. The Hall–Kier alpha value is -2.81. The summed E-state index contributed by atoms with van der Waals surface area (Å²) in [7, 11) is 0. The summed E-state index contributed by atoms with van der Waals surface area (Å²) in [5.41, 5.74) is 5.33. The van der Waals surface area contributed by atoms with Crippen LogP contribution in [0, 0.1) is 0 Å². The SMILES string of the molecule is CCn1cc(-c2cc(CN3CCOCC3)cc(Nc3ncc4cc(Br)ccc4n3)c2)cn1. The molecule has 1 aliphatic rings. The van der Waals surface area contributed by atoms with Crippen LogP contribution in [0.1, 0.15) is 12.5 Å². The Bertz CT molecular complexity index is 1230. The van der Waals surface area contributed by atoms with Crippen molar-refractivity contribution in [3.05, 3.63) is 65.0 Å². The van der Waals surface area contributed by atoms with Gasteiger partial charge in [-0.25, -0.2) is 9.97 Å². The van der Waals surface area contributed by atoms with Crippen molar-refractivity contribution in [2.75, 3.05) is 31.6 Å². The number of nitrogens with one attached hydrogen (secondary N) is 1. The largest absolute Gasteiger partial charge is 0.379 e. The number of ether oxygens (including phenoxy) is 1. The van der Waals surface area contributed by atoms with E-state index in [2.05, 4.69) is 67.5 Å². The predicted molar refractivity (Wildman–Crippen MR) is 130 cm³/mol. The molecule has 32 heavy (non-hydrogen) atoms. The average molecular weight is 493 g/mol. The smallest absolute Gasteiger partial charge is 0.227 e. The van der Waals surface area contributed by atoms with Crippen molar-refractivity contribution in [3.8, 4) is 11.1 Å². The number of halogens is 1. The van der Waals surface area contributed by atoms with Gasteiger partial charge in [0, 0.05) is 59.7 Å². The zero-order valence-electron chi connectivity index (χ0n) is 18.0. The first-order chi connectivity index (χ1) is 15.7. The van der Waals surface area contributed by atoms with Gasteiger partial charge in [-0.15, -0.1) is 0 Å². The summed E-state index contributed by atoms with van der Waals surface area (Å²) < 4.78 is 8.47. The number of benzene rings is 2. The van der Waals surface area contributed by atoms with Crippen LogP contribution >= 0.6 is 15.9 Å². The quantitative estimate of drug-likeness (QED) is 0.414. The Morgan fingerprint density at radius 2 is 1.94 bits per heavy atom. The van der Waals surface area contributed by atoms with Crippen LogP contribution in [-0.4, -0.2) is 51.0 Å². The van der Waals surface area contributed by atoms with Crippen molar-refractivity contribution in [1.82, 2.24) is 24.6 Å². The molecular weight excluding hydrogens is 468 g/mol. The van der Waals surface area contributed by atoms with Gasteiger partial charge in [0.05, 0.1) is 24.9 Å². The molecule has 0 radical (unpaired) electrons. The van der Waals surface area contributed by atoms with E-state index in [0.29, 0.717) is 5.95 Å². The summed E-state index contributed by atoms with van der Waals surface area (Å²) >= 11 is 3.50. The lowest BCUT2D eigenvalue weighted by atomic mass is 10.0. The second-order valence-corrected chi connectivity index (χ2v) is 8.83. The molecule has 2 aromatic heterocycles. The molecule has 7 nitrogen and oxygen atoms in total. The van der Waals surface area contributed by atoms with Gasteiger partial charge in [0.2, 0.25) is 5.95 Å². The Balaban J connectivity index is 1.47. The minimum Gasteiger partial charge on any atom is -0.379 e. The Morgan fingerprint density at radius 1 is 1.06 bits per heavy atom. The zero-order chi connectivity index (χ0) is 21.9. The summed E-state index contributed by atoms with van der Waals surface area (Å²) in [4.78, 5) is 11.6. The van der Waals surface area contributed by atoms with Crippen molar-refractivity contribution in [2.24, 2.45) is 0 Å². The summed E-state index contributed by atoms with van der Waals surface area (Å²) in [6.45, 7) is 7.28. The Morgan fingerprint density at radius 3 is 2.75 bits per heavy atom. The first-order valence-electron chi connectivity index (χ1n) is 10.8. The van der Waals surface area contributed by atoms with Gasteiger partial charge in [-0.1, -0.05) is 15.9 Å². The molecule has 2 aromatic carbocycles. The number of nitrogens with zero attached hydrogens (tertiary/aromatic N) is 5. The Kier molecular flexibility index (Phi) is 6.16. The zero-order valence-corrected chi connectivity index (χ0v) is 19.5. The highest BCUT2D eigenvalue weighted by Crippen LogP contribution is 2.28. The topological polar surface area (TPSA) is 68.1 Å². The second-order valence-electron chi connectivity index (χ2n) is 7.91. The van der Waals surface area contributed by atoms with E-state index in [1.807, 2.05) is 35.3 Å². The molecule has 4 aromatic rings. The van der Waals surface area contributed by atoms with Gasteiger partial charge in [0.25, 0.3) is 0 Å². The highest BCUT2D eigenvalue weighted by molar-refractivity contribution is 9.10. The van der Waals surface area contributed by atoms with Crippen molar-refractivity contribution < 1.29 is 4.74 Å². The highest BCUT2D eigenvalue weighted by Gasteiger charge is 2.13. The number of hydrogen-bond donors (Lipinski definition) is 1. The molecular formula is C24H25BrN6O. The molecule has 0 spiro atoms. The summed E-state index contributed by atoms with van der Waals surface area (Å²) in [5.74, 6) is 0.582. The van der Waals surface area contributed by atoms with Crippen LogP contribution in [0.4, 0.5) is 11.6 Å². The highest BCUT2D eigenvalue weighted by atomic mass is 79.9. The fourth-order valence-corrected chi connectivity index (χ4v) is 4.30. The maximum absolute atomic E-state index is 5.51. The van der Waals surface area contributed by atoms with E-state index < -0.39 is 0 Å². The fourth-order valence-electron chi connectivity index (χ4n) is 3.92. The summed E-state index contributed by atoms with van der Waals surface area (Å²) in [5, 5.41) is 8.87. The standard InChI is InChI=1S/C24H25BrN6O/c1-2-31-16-20(14-27-31)18-9-17(15-30-5-7-32-8-6-30)10-22(12-18)28-24-26-13-19-11-21(25)3-4-23(19)29-24/h3-4,9-14,16H,2,5-8,15H2,1H3,(H,26,28,29). The van der Waals surface area contributed by atoms with Crippen LogP contribution in [-0.2, 0) is 17.8 Å². The third kappa shape index (κ3) is 4.82. The molecule has 0 saturated carbocycles. The number of morpholine rings is 1. The van der Waals surface area contributed by atoms with E-state index >= 15 is 0 Å². The van der Waals surface area contributed by atoms with Gasteiger partial charge in [-0.05, 0) is 54.4 Å². The molecule has 3 heterocycles. The van der Waals surface area contributed by atoms with Gasteiger partial charge >= 0.3 is 0 Å². The summed E-state index contributed by atoms with van der Waals surface area (Å²) in [6.07, 6.45) is 5.85. The van der Waals surface area contributed by atoms with E-state index in [1.165, 1.54) is 5.56 Å². The lowest BCUT2D eigenvalue weighted by Crippen LogP contribution is -2.35. The Labute approximate surface area is 195 Å². The molecule has 5 rings (SSSR count). The number of aryl methyl sites for hydroxylation is 1. The second kappa shape index (κ2) is 9.36. The van der Waals surface area contributed by atoms with Crippen LogP contribution in [0.5, 0.6) is 0 Å². The molecule has 164 valence electrons. The van der Waals surface area contributed by atoms with Gasteiger partial charge in [0.15, 0.2) is 0 Å². The van der Waals surface area contributed by atoms with Crippen molar-refractivity contribution in [3.63, 3.8) is 0 Å². The molecule has 0 bridgehead atoms. The van der Waals surface area contributed by atoms with E-state index in [9.17, 15) is 0 Å². The number of aromatic nitrogens is 4. The van der Waals surface area contributed by atoms with E-state index in [4.69, 9.17) is 9.72 Å². The van der Waals surface area contributed by atoms with Crippen molar-refractivity contribution in [1.29, 1.82) is 0 Å². The third-order valence-corrected chi connectivity index (χ3v) is 6.08. The van der Waals surface area contributed by atoms with Crippen LogP contribution in [0.3, 0.4) is 0 Å². The van der Waals surface area contributed by atoms with Gasteiger partial charge in [-0.3, -0.25) is 9.58 Å².